The molecule has 2 N–H and O–H groups in total. The highest BCUT2D eigenvalue weighted by Gasteiger charge is 2.05. The molecule has 0 saturated carbocycles. The van der Waals surface area contributed by atoms with Crippen molar-refractivity contribution in [2.45, 2.75) is 19.9 Å². The summed E-state index contributed by atoms with van der Waals surface area (Å²) in [5.41, 5.74) is 2.38. The molecule has 3 heteroatoms. The zero-order valence-corrected chi connectivity index (χ0v) is 9.58. The van der Waals surface area contributed by atoms with Gasteiger partial charge in [0.05, 0.1) is 12.6 Å². The fourth-order valence-electron chi connectivity index (χ4n) is 1.44. The van der Waals surface area contributed by atoms with Crippen molar-refractivity contribution in [3.05, 3.63) is 29.3 Å². The third kappa shape index (κ3) is 3.90. The van der Waals surface area contributed by atoms with Gasteiger partial charge in [-0.2, -0.15) is 0 Å². The summed E-state index contributed by atoms with van der Waals surface area (Å²) < 4.78 is 5.59. The van der Waals surface area contributed by atoms with Crippen LogP contribution in [0, 0.1) is 13.8 Å². The van der Waals surface area contributed by atoms with Crippen LogP contribution in [0.25, 0.3) is 0 Å². The molecule has 0 aliphatic heterocycles. The van der Waals surface area contributed by atoms with E-state index in [0.717, 1.165) is 5.75 Å². The maximum atomic E-state index is 8.97. The van der Waals surface area contributed by atoms with E-state index in [0.29, 0.717) is 6.61 Å². The van der Waals surface area contributed by atoms with Gasteiger partial charge in [0.1, 0.15) is 12.4 Å². The first kappa shape index (κ1) is 12.0. The van der Waals surface area contributed by atoms with E-state index in [9.17, 15) is 0 Å². The molecule has 3 nitrogen and oxygen atoms in total. The van der Waals surface area contributed by atoms with Crippen molar-refractivity contribution in [3.8, 4) is 5.75 Å². The minimum atomic E-state index is -0.00850. The fraction of sp³-hybridized carbons (Fsp3) is 0.500. The van der Waals surface area contributed by atoms with Crippen molar-refractivity contribution in [1.82, 2.24) is 5.32 Å². The van der Waals surface area contributed by atoms with Gasteiger partial charge in [-0.05, 0) is 44.2 Å². The lowest BCUT2D eigenvalue weighted by Crippen LogP contribution is -2.34. The average molecular weight is 209 g/mol. The van der Waals surface area contributed by atoms with E-state index in [1.807, 2.05) is 33.0 Å². The van der Waals surface area contributed by atoms with Gasteiger partial charge in [0.25, 0.3) is 0 Å². The maximum absolute atomic E-state index is 8.97. The molecule has 15 heavy (non-hydrogen) atoms. The lowest BCUT2D eigenvalue weighted by molar-refractivity contribution is 0.189. The summed E-state index contributed by atoms with van der Waals surface area (Å²) in [6.07, 6.45) is 0. The van der Waals surface area contributed by atoms with Crippen molar-refractivity contribution in [1.29, 1.82) is 0 Å². The van der Waals surface area contributed by atoms with Gasteiger partial charge in [-0.1, -0.05) is 6.07 Å². The van der Waals surface area contributed by atoms with Gasteiger partial charge < -0.3 is 15.2 Å². The quantitative estimate of drug-likeness (QED) is 0.767. The van der Waals surface area contributed by atoms with Crippen LogP contribution in [0.4, 0.5) is 0 Å². The van der Waals surface area contributed by atoms with Crippen LogP contribution in [0.5, 0.6) is 5.75 Å². The van der Waals surface area contributed by atoms with E-state index in [2.05, 4.69) is 11.4 Å². The second-order valence-corrected chi connectivity index (χ2v) is 3.80. The molecule has 1 aromatic rings. The molecule has 0 saturated heterocycles. The maximum Gasteiger partial charge on any atom is 0.119 e. The molecular formula is C12H19NO2. The molecule has 1 unspecified atom stereocenters. The minimum Gasteiger partial charge on any atom is -0.492 e. The topological polar surface area (TPSA) is 41.5 Å². The molecule has 0 aromatic heterocycles. The number of aryl methyl sites for hydroxylation is 2. The molecule has 0 bridgehead atoms. The van der Waals surface area contributed by atoms with E-state index in [1.165, 1.54) is 11.1 Å². The summed E-state index contributed by atoms with van der Waals surface area (Å²) >= 11 is 0. The van der Waals surface area contributed by atoms with Crippen LogP contribution in [0.3, 0.4) is 0 Å². The Labute approximate surface area is 91.1 Å². The average Bonchev–Trinajstić information content (AvgIpc) is 2.18. The number of likely N-dealkylation sites (N-methyl/N-ethyl adjacent to an activating group) is 1. The SMILES string of the molecule is CNC(CO)COc1cc(C)cc(C)c1. The van der Waals surface area contributed by atoms with Crippen LogP contribution >= 0.6 is 0 Å². The van der Waals surface area contributed by atoms with Crippen LogP contribution < -0.4 is 10.1 Å². The molecule has 0 heterocycles. The highest BCUT2D eigenvalue weighted by Crippen LogP contribution is 2.16. The predicted molar refractivity (Wildman–Crippen MR) is 61.3 cm³/mol. The zero-order valence-electron chi connectivity index (χ0n) is 9.58. The number of rotatable bonds is 5. The summed E-state index contributed by atoms with van der Waals surface area (Å²) in [4.78, 5) is 0. The molecule has 0 spiro atoms. The second kappa shape index (κ2) is 5.73. The molecule has 0 amide bonds. The van der Waals surface area contributed by atoms with E-state index >= 15 is 0 Å². The highest BCUT2D eigenvalue weighted by molar-refractivity contribution is 5.32. The van der Waals surface area contributed by atoms with E-state index in [1.54, 1.807) is 0 Å². The number of ether oxygens (including phenoxy) is 1. The lowest BCUT2D eigenvalue weighted by Gasteiger charge is -2.14. The summed E-state index contributed by atoms with van der Waals surface area (Å²) in [5.74, 6) is 0.862. The minimum absolute atomic E-state index is 0.00850. The Morgan fingerprint density at radius 2 is 1.87 bits per heavy atom. The van der Waals surface area contributed by atoms with Crippen LogP contribution in [0.1, 0.15) is 11.1 Å². The predicted octanol–water partition coefficient (Wildman–Crippen LogP) is 1.26. The third-order valence-electron chi connectivity index (χ3n) is 2.28. The molecule has 1 aromatic carbocycles. The van der Waals surface area contributed by atoms with Crippen LogP contribution in [0.2, 0.25) is 0 Å². The summed E-state index contributed by atoms with van der Waals surface area (Å²) in [5, 5.41) is 11.9. The van der Waals surface area contributed by atoms with Crippen LogP contribution in [-0.2, 0) is 0 Å². The van der Waals surface area contributed by atoms with E-state index in [4.69, 9.17) is 9.84 Å². The first-order valence-electron chi connectivity index (χ1n) is 5.15. The van der Waals surface area contributed by atoms with Gasteiger partial charge in [0.15, 0.2) is 0 Å². The monoisotopic (exact) mass is 209 g/mol. The van der Waals surface area contributed by atoms with Gasteiger partial charge in [0, 0.05) is 0 Å². The third-order valence-corrected chi connectivity index (χ3v) is 2.28. The summed E-state index contributed by atoms with van der Waals surface area (Å²) in [7, 11) is 1.81. The molecular weight excluding hydrogens is 190 g/mol. The highest BCUT2D eigenvalue weighted by atomic mass is 16.5. The van der Waals surface area contributed by atoms with Crippen molar-refractivity contribution >= 4 is 0 Å². The summed E-state index contributed by atoms with van der Waals surface area (Å²) in [6, 6.07) is 6.09. The van der Waals surface area contributed by atoms with E-state index < -0.39 is 0 Å². The van der Waals surface area contributed by atoms with Crippen molar-refractivity contribution in [2.75, 3.05) is 20.3 Å². The van der Waals surface area contributed by atoms with Crippen molar-refractivity contribution < 1.29 is 9.84 Å². The lowest BCUT2D eigenvalue weighted by atomic mass is 10.1. The van der Waals surface area contributed by atoms with Gasteiger partial charge in [-0.25, -0.2) is 0 Å². The Hall–Kier alpha value is -1.06. The summed E-state index contributed by atoms with van der Waals surface area (Å²) in [6.45, 7) is 4.65. The normalized spacial score (nSPS) is 12.5. The van der Waals surface area contributed by atoms with Crippen molar-refractivity contribution in [2.24, 2.45) is 0 Å². The van der Waals surface area contributed by atoms with Gasteiger partial charge in [-0.3, -0.25) is 0 Å². The molecule has 0 aliphatic rings. The van der Waals surface area contributed by atoms with Gasteiger partial charge >= 0.3 is 0 Å². The molecule has 0 aliphatic carbocycles. The van der Waals surface area contributed by atoms with Crippen molar-refractivity contribution in [3.63, 3.8) is 0 Å². The Balaban J connectivity index is 2.57. The second-order valence-electron chi connectivity index (χ2n) is 3.80. The van der Waals surface area contributed by atoms with Gasteiger partial charge in [-0.15, -0.1) is 0 Å². The molecule has 84 valence electrons. The number of aliphatic hydroxyl groups is 1. The first-order valence-corrected chi connectivity index (χ1v) is 5.15. The van der Waals surface area contributed by atoms with Crippen LogP contribution in [0.15, 0.2) is 18.2 Å². The Kier molecular flexibility index (Phi) is 4.59. The Morgan fingerprint density at radius 3 is 2.33 bits per heavy atom. The van der Waals surface area contributed by atoms with Crippen LogP contribution in [-0.4, -0.2) is 31.4 Å². The number of aliphatic hydroxyl groups excluding tert-OH is 1. The zero-order chi connectivity index (χ0) is 11.3. The number of nitrogens with one attached hydrogen (secondary N) is 1. The molecule has 0 fully saturated rings. The Morgan fingerprint density at radius 1 is 1.27 bits per heavy atom. The Bertz CT molecular complexity index is 288. The van der Waals surface area contributed by atoms with E-state index in [-0.39, 0.29) is 12.6 Å². The largest absolute Gasteiger partial charge is 0.492 e. The van der Waals surface area contributed by atoms with Gasteiger partial charge in [0.2, 0.25) is 0 Å². The standard InChI is InChI=1S/C12H19NO2/c1-9-4-10(2)6-12(5-9)15-8-11(7-14)13-3/h4-6,11,13-14H,7-8H2,1-3H3. The molecule has 1 rings (SSSR count). The molecule has 1 atom stereocenters. The molecule has 0 radical (unpaired) electrons. The number of hydrogen-bond donors (Lipinski definition) is 2. The fourth-order valence-corrected chi connectivity index (χ4v) is 1.44. The number of benzene rings is 1. The smallest absolute Gasteiger partial charge is 0.119 e. The first-order chi connectivity index (χ1) is 7.15. The number of hydrogen-bond acceptors (Lipinski definition) is 3.